The van der Waals surface area contributed by atoms with Crippen molar-refractivity contribution in [3.63, 3.8) is 0 Å². The highest BCUT2D eigenvalue weighted by atomic mass is 32.1. The maximum absolute atomic E-state index is 11.0. The van der Waals surface area contributed by atoms with Gasteiger partial charge in [0.1, 0.15) is 23.8 Å². The Bertz CT molecular complexity index is 929. The quantitative estimate of drug-likeness (QED) is 0.534. The van der Waals surface area contributed by atoms with Gasteiger partial charge in [-0.25, -0.2) is 4.98 Å². The Labute approximate surface area is 167 Å². The van der Waals surface area contributed by atoms with Crippen LogP contribution in [0.15, 0.2) is 40.8 Å². The summed E-state index contributed by atoms with van der Waals surface area (Å²) in [7, 11) is 0. The average molecular weight is 401 g/mol. The van der Waals surface area contributed by atoms with Crippen molar-refractivity contribution in [2.24, 2.45) is 0 Å². The minimum Gasteiger partial charge on any atom is -0.487 e. The van der Waals surface area contributed by atoms with Crippen molar-refractivity contribution >= 4 is 17.3 Å². The van der Waals surface area contributed by atoms with Gasteiger partial charge in [0.2, 0.25) is 5.89 Å². The largest absolute Gasteiger partial charge is 0.487 e. The Morgan fingerprint density at radius 3 is 2.57 bits per heavy atom. The fraction of sp³-hybridized carbons (Fsp3) is 0.333. The molecule has 0 amide bonds. The van der Waals surface area contributed by atoms with Crippen molar-refractivity contribution in [1.29, 1.82) is 0 Å². The van der Waals surface area contributed by atoms with Crippen LogP contribution in [0.5, 0.6) is 5.75 Å². The van der Waals surface area contributed by atoms with E-state index >= 15 is 0 Å². The zero-order chi connectivity index (χ0) is 20.1. The number of aromatic nitrogens is 1. The highest BCUT2D eigenvalue weighted by Gasteiger charge is 2.16. The van der Waals surface area contributed by atoms with E-state index in [1.165, 1.54) is 4.88 Å². The van der Waals surface area contributed by atoms with Crippen LogP contribution in [0.25, 0.3) is 10.8 Å². The van der Waals surface area contributed by atoms with Crippen LogP contribution in [-0.2, 0) is 16.1 Å². The van der Waals surface area contributed by atoms with Gasteiger partial charge in [-0.2, -0.15) is 0 Å². The van der Waals surface area contributed by atoms with Crippen LogP contribution in [0, 0.1) is 13.8 Å². The third-order valence-electron chi connectivity index (χ3n) is 4.20. The molecule has 1 aromatic carbocycles. The summed E-state index contributed by atoms with van der Waals surface area (Å²) in [5.74, 6) is 1.12. The van der Waals surface area contributed by atoms with E-state index in [4.69, 9.17) is 19.0 Å². The van der Waals surface area contributed by atoms with E-state index in [1.807, 2.05) is 57.2 Å². The molecule has 0 radical (unpaired) electrons. The molecular formula is C21H23NO5S. The van der Waals surface area contributed by atoms with Crippen LogP contribution in [0.4, 0.5) is 0 Å². The summed E-state index contributed by atoms with van der Waals surface area (Å²) in [5.41, 5.74) is 1.56. The maximum Gasteiger partial charge on any atom is 0.306 e. The first-order chi connectivity index (χ1) is 13.5. The molecule has 0 saturated carbocycles. The molecular weight excluding hydrogens is 378 g/mol. The van der Waals surface area contributed by atoms with Gasteiger partial charge in [0.05, 0.1) is 17.4 Å². The molecule has 0 aliphatic rings. The van der Waals surface area contributed by atoms with Crippen molar-refractivity contribution < 1.29 is 23.8 Å². The van der Waals surface area contributed by atoms with Crippen molar-refractivity contribution in [3.8, 4) is 16.5 Å². The molecule has 3 rings (SSSR count). The molecule has 0 aliphatic heterocycles. The van der Waals surface area contributed by atoms with Crippen molar-refractivity contribution in [2.75, 3.05) is 6.61 Å². The van der Waals surface area contributed by atoms with Gasteiger partial charge in [-0.1, -0.05) is 12.1 Å². The van der Waals surface area contributed by atoms with E-state index in [0.717, 1.165) is 21.9 Å². The molecule has 6 nitrogen and oxygen atoms in total. The van der Waals surface area contributed by atoms with Gasteiger partial charge in [0.25, 0.3) is 0 Å². The number of nitrogens with zero attached hydrogens (tertiary/aromatic N) is 1. The molecule has 1 unspecified atom stereocenters. The molecule has 3 aromatic rings. The van der Waals surface area contributed by atoms with Gasteiger partial charge in [-0.05, 0) is 50.6 Å². The van der Waals surface area contributed by atoms with E-state index in [2.05, 4.69) is 4.98 Å². The Hall–Kier alpha value is -2.64. The van der Waals surface area contributed by atoms with Crippen LogP contribution in [-0.4, -0.2) is 22.7 Å². The van der Waals surface area contributed by atoms with Gasteiger partial charge in [0.15, 0.2) is 0 Å². The fourth-order valence-corrected chi connectivity index (χ4v) is 3.57. The van der Waals surface area contributed by atoms with Gasteiger partial charge in [-0.3, -0.25) is 4.79 Å². The van der Waals surface area contributed by atoms with Crippen LogP contribution in [0.2, 0.25) is 0 Å². The SMILES string of the molecule is CCOC(CC(=O)O)c1ccc(OCc2nc(-c3ccc(C)s3)oc2C)cc1. The third-order valence-corrected chi connectivity index (χ3v) is 5.19. The summed E-state index contributed by atoms with van der Waals surface area (Å²) in [5, 5.41) is 9.03. The zero-order valence-electron chi connectivity index (χ0n) is 16.1. The number of thiophene rings is 1. The summed E-state index contributed by atoms with van der Waals surface area (Å²) < 4.78 is 17.1. The number of aryl methyl sites for hydroxylation is 2. The van der Waals surface area contributed by atoms with Gasteiger partial charge < -0.3 is 19.0 Å². The summed E-state index contributed by atoms with van der Waals surface area (Å²) >= 11 is 1.64. The molecule has 148 valence electrons. The monoisotopic (exact) mass is 401 g/mol. The van der Waals surface area contributed by atoms with Gasteiger partial charge in [-0.15, -0.1) is 11.3 Å². The van der Waals surface area contributed by atoms with E-state index in [1.54, 1.807) is 11.3 Å². The Kier molecular flexibility index (Phi) is 6.49. The molecule has 2 aromatic heterocycles. The second-order valence-corrected chi connectivity index (χ2v) is 7.62. The van der Waals surface area contributed by atoms with Crippen LogP contribution in [0.3, 0.4) is 0 Å². The van der Waals surface area contributed by atoms with Crippen molar-refractivity contribution in [1.82, 2.24) is 4.98 Å². The fourth-order valence-electron chi connectivity index (χ4n) is 2.78. The highest BCUT2D eigenvalue weighted by Crippen LogP contribution is 2.29. The minimum atomic E-state index is -0.892. The number of carboxylic acid groups (broad SMARTS) is 1. The van der Waals surface area contributed by atoms with Crippen molar-refractivity contribution in [2.45, 2.75) is 39.9 Å². The zero-order valence-corrected chi connectivity index (χ0v) is 16.9. The molecule has 1 atom stereocenters. The van der Waals surface area contributed by atoms with Gasteiger partial charge in [0, 0.05) is 11.5 Å². The number of rotatable bonds is 9. The Morgan fingerprint density at radius 2 is 1.96 bits per heavy atom. The molecule has 0 bridgehead atoms. The number of oxazole rings is 1. The lowest BCUT2D eigenvalue weighted by Gasteiger charge is -2.15. The van der Waals surface area contributed by atoms with Gasteiger partial charge >= 0.3 is 5.97 Å². The van der Waals surface area contributed by atoms with E-state index in [0.29, 0.717) is 24.9 Å². The van der Waals surface area contributed by atoms with E-state index in [9.17, 15) is 4.79 Å². The third kappa shape index (κ3) is 4.99. The molecule has 2 heterocycles. The van der Waals surface area contributed by atoms with Crippen LogP contribution in [0.1, 0.15) is 41.3 Å². The lowest BCUT2D eigenvalue weighted by Crippen LogP contribution is -2.10. The summed E-state index contributed by atoms with van der Waals surface area (Å²) in [6.07, 6.45) is -0.539. The number of carboxylic acids is 1. The molecule has 7 heteroatoms. The first kappa shape index (κ1) is 20.1. The molecule has 0 fully saturated rings. The first-order valence-electron chi connectivity index (χ1n) is 9.05. The lowest BCUT2D eigenvalue weighted by molar-refractivity contribution is -0.140. The summed E-state index contributed by atoms with van der Waals surface area (Å²) in [6.45, 7) is 6.51. The Morgan fingerprint density at radius 1 is 1.21 bits per heavy atom. The van der Waals surface area contributed by atoms with Crippen LogP contribution >= 0.6 is 11.3 Å². The Balaban J connectivity index is 1.65. The number of benzene rings is 1. The number of aliphatic carboxylic acids is 1. The molecule has 0 spiro atoms. The summed E-state index contributed by atoms with van der Waals surface area (Å²) in [6, 6.07) is 11.3. The predicted octanol–water partition coefficient (Wildman–Crippen LogP) is 5.15. The number of ether oxygens (including phenoxy) is 2. The second-order valence-electron chi connectivity index (χ2n) is 6.33. The number of carbonyl (C=O) groups is 1. The standard InChI is InChI=1S/C21H23NO5S/c1-4-25-18(11-20(23)24)15-6-8-16(9-7-15)26-12-17-14(3)27-21(22-17)19-10-5-13(2)28-19/h5-10,18H,4,11-12H2,1-3H3,(H,23,24). The normalized spacial score (nSPS) is 12.1. The number of hydrogen-bond donors (Lipinski definition) is 1. The van der Waals surface area contributed by atoms with E-state index in [-0.39, 0.29) is 6.42 Å². The average Bonchev–Trinajstić information content (AvgIpc) is 3.25. The molecule has 1 N–H and O–H groups in total. The lowest BCUT2D eigenvalue weighted by atomic mass is 10.1. The van der Waals surface area contributed by atoms with E-state index < -0.39 is 12.1 Å². The molecule has 0 saturated heterocycles. The first-order valence-corrected chi connectivity index (χ1v) is 9.87. The predicted molar refractivity (Wildman–Crippen MR) is 107 cm³/mol. The second kappa shape index (κ2) is 9.03. The maximum atomic E-state index is 11.0. The van der Waals surface area contributed by atoms with Crippen molar-refractivity contribution in [3.05, 3.63) is 58.3 Å². The summed E-state index contributed by atoms with van der Waals surface area (Å²) in [4.78, 5) is 17.7. The smallest absolute Gasteiger partial charge is 0.306 e. The number of hydrogen-bond acceptors (Lipinski definition) is 6. The molecule has 28 heavy (non-hydrogen) atoms. The van der Waals surface area contributed by atoms with Crippen LogP contribution < -0.4 is 4.74 Å². The molecule has 0 aliphatic carbocycles. The topological polar surface area (TPSA) is 81.8 Å². The minimum absolute atomic E-state index is 0.0723. The highest BCUT2D eigenvalue weighted by molar-refractivity contribution is 7.15.